The van der Waals surface area contributed by atoms with Crippen LogP contribution in [0.4, 0.5) is 0 Å². The zero-order valence-electron chi connectivity index (χ0n) is 13.5. The third kappa shape index (κ3) is 4.01. The average Bonchev–Trinajstić information content (AvgIpc) is 3.37. The first-order valence-electron chi connectivity index (χ1n) is 7.82. The van der Waals surface area contributed by atoms with Crippen LogP contribution >= 0.6 is 15.9 Å². The monoisotopic (exact) mass is 424 g/mol. The Balaban J connectivity index is 1.72. The van der Waals surface area contributed by atoms with Crippen molar-refractivity contribution >= 4 is 31.9 Å². The van der Waals surface area contributed by atoms with Crippen LogP contribution in [0.15, 0.2) is 52.0 Å². The molecule has 1 heterocycles. The van der Waals surface area contributed by atoms with Crippen LogP contribution in [0.1, 0.15) is 24.8 Å². The van der Waals surface area contributed by atoms with E-state index in [4.69, 9.17) is 4.74 Å². The highest BCUT2D eigenvalue weighted by atomic mass is 79.9. The van der Waals surface area contributed by atoms with E-state index in [1.807, 2.05) is 24.3 Å². The molecular weight excluding hydrogens is 408 g/mol. The first kappa shape index (κ1) is 17.9. The second kappa shape index (κ2) is 7.13. The van der Waals surface area contributed by atoms with Gasteiger partial charge in [0.15, 0.2) is 0 Å². The maximum absolute atomic E-state index is 12.5. The number of halogens is 1. The molecule has 1 N–H and O–H groups in total. The highest BCUT2D eigenvalue weighted by Gasteiger charge is 2.45. The number of nitrogens with one attached hydrogen (secondary N) is 1. The maximum atomic E-state index is 12.5. The van der Waals surface area contributed by atoms with Crippen molar-refractivity contribution in [2.75, 3.05) is 6.61 Å². The van der Waals surface area contributed by atoms with Crippen LogP contribution in [0.2, 0.25) is 0 Å². The second-order valence-electron chi connectivity index (χ2n) is 5.71. The summed E-state index contributed by atoms with van der Waals surface area (Å²) in [4.78, 5) is 16.1. The minimum atomic E-state index is -4.02. The first-order chi connectivity index (χ1) is 11.9. The Hall–Kier alpha value is -1.93. The minimum absolute atomic E-state index is 0.00874. The summed E-state index contributed by atoms with van der Waals surface area (Å²) in [6, 6.07) is 10.5. The summed E-state index contributed by atoms with van der Waals surface area (Å²) in [6.07, 6.45) is 2.07. The quantitative estimate of drug-likeness (QED) is 0.770. The van der Waals surface area contributed by atoms with Gasteiger partial charge >= 0.3 is 0 Å². The van der Waals surface area contributed by atoms with Crippen molar-refractivity contribution in [1.29, 1.82) is 0 Å². The molecule has 0 bridgehead atoms. The fourth-order valence-electron chi connectivity index (χ4n) is 2.65. The largest absolute Gasteiger partial charge is 0.477 e. The van der Waals surface area contributed by atoms with Gasteiger partial charge in [-0.05, 0) is 49.1 Å². The van der Waals surface area contributed by atoms with Crippen molar-refractivity contribution in [2.45, 2.75) is 24.2 Å². The number of hydrogen-bond acceptors (Lipinski definition) is 5. The zero-order chi connectivity index (χ0) is 18.0. The van der Waals surface area contributed by atoms with Gasteiger partial charge < -0.3 is 4.74 Å². The van der Waals surface area contributed by atoms with Crippen molar-refractivity contribution < 1.29 is 17.9 Å². The highest BCUT2D eigenvalue weighted by molar-refractivity contribution is 9.10. The lowest BCUT2D eigenvalue weighted by atomic mass is 10.1. The number of rotatable bonds is 6. The van der Waals surface area contributed by atoms with E-state index >= 15 is 0 Å². The molecule has 0 saturated heterocycles. The van der Waals surface area contributed by atoms with Gasteiger partial charge in [-0.3, -0.25) is 4.79 Å². The number of benzene rings is 1. The molecule has 1 aromatic heterocycles. The van der Waals surface area contributed by atoms with Gasteiger partial charge in [-0.25, -0.2) is 18.1 Å². The maximum Gasteiger partial charge on any atom is 0.269 e. The van der Waals surface area contributed by atoms with Gasteiger partial charge in [0.2, 0.25) is 11.8 Å². The molecule has 0 radical (unpaired) electrons. The highest BCUT2D eigenvalue weighted by Crippen LogP contribution is 2.47. The Kier molecular flexibility index (Phi) is 5.10. The molecule has 1 aromatic carbocycles. The zero-order valence-corrected chi connectivity index (χ0v) is 15.9. The molecule has 1 aliphatic carbocycles. The van der Waals surface area contributed by atoms with E-state index in [0.717, 1.165) is 10.0 Å². The van der Waals surface area contributed by atoms with Gasteiger partial charge in [0.1, 0.15) is 4.90 Å². The molecule has 2 aromatic rings. The molecule has 2 atom stereocenters. The van der Waals surface area contributed by atoms with Crippen LogP contribution in [-0.2, 0) is 14.8 Å². The van der Waals surface area contributed by atoms with E-state index in [-0.39, 0.29) is 29.2 Å². The van der Waals surface area contributed by atoms with Gasteiger partial charge in [-0.2, -0.15) is 0 Å². The number of aromatic nitrogens is 1. The normalized spacial score (nSPS) is 19.3. The van der Waals surface area contributed by atoms with Crippen LogP contribution in [-0.4, -0.2) is 25.9 Å². The van der Waals surface area contributed by atoms with Crippen LogP contribution in [0.3, 0.4) is 0 Å². The minimum Gasteiger partial charge on any atom is -0.477 e. The number of hydrogen-bond donors (Lipinski definition) is 1. The molecule has 1 fully saturated rings. The lowest BCUT2D eigenvalue weighted by Crippen LogP contribution is -2.32. The van der Waals surface area contributed by atoms with Gasteiger partial charge in [-0.15, -0.1) is 0 Å². The predicted octanol–water partition coefficient (Wildman–Crippen LogP) is 2.85. The van der Waals surface area contributed by atoms with Crippen LogP contribution in [0.5, 0.6) is 5.88 Å². The summed E-state index contributed by atoms with van der Waals surface area (Å²) in [5.74, 6) is -0.809. The Morgan fingerprint density at radius 1 is 1.32 bits per heavy atom. The number of pyridine rings is 1. The second-order valence-corrected chi connectivity index (χ2v) is 8.28. The molecule has 3 rings (SSSR count). The molecule has 0 spiro atoms. The summed E-state index contributed by atoms with van der Waals surface area (Å²) in [7, 11) is -4.02. The topological polar surface area (TPSA) is 85.4 Å². The molecule has 1 amide bonds. The van der Waals surface area contributed by atoms with Crippen molar-refractivity contribution in [3.63, 3.8) is 0 Å². The summed E-state index contributed by atoms with van der Waals surface area (Å²) < 4.78 is 33.3. The van der Waals surface area contributed by atoms with Crippen molar-refractivity contribution in [3.05, 3.63) is 52.6 Å². The summed E-state index contributed by atoms with van der Waals surface area (Å²) in [5, 5.41) is 0. The number of carbonyl (C=O) groups excluding carboxylic acids is 1. The Bertz CT molecular complexity index is 884. The summed E-state index contributed by atoms with van der Waals surface area (Å²) in [5.41, 5.74) is 1.03. The Labute approximate surface area is 154 Å². The lowest BCUT2D eigenvalue weighted by Gasteiger charge is -2.10. The molecule has 25 heavy (non-hydrogen) atoms. The van der Waals surface area contributed by atoms with E-state index in [1.54, 1.807) is 6.92 Å². The molecule has 1 saturated carbocycles. The number of carbonyl (C=O) groups is 1. The first-order valence-corrected chi connectivity index (χ1v) is 10.1. The Morgan fingerprint density at radius 3 is 2.72 bits per heavy atom. The predicted molar refractivity (Wildman–Crippen MR) is 95.7 cm³/mol. The number of amides is 1. The number of nitrogens with zero attached hydrogens (tertiary/aromatic N) is 1. The van der Waals surface area contributed by atoms with Gasteiger partial charge in [0.25, 0.3) is 10.0 Å². The van der Waals surface area contributed by atoms with Gasteiger partial charge in [0, 0.05) is 16.6 Å². The molecule has 132 valence electrons. The third-order valence-corrected chi connectivity index (χ3v) is 5.86. The average molecular weight is 425 g/mol. The third-order valence-electron chi connectivity index (χ3n) is 3.97. The molecule has 6 nitrogen and oxygen atoms in total. The molecular formula is C17H17BrN2O4S. The van der Waals surface area contributed by atoms with Crippen LogP contribution in [0.25, 0.3) is 0 Å². The fraction of sp³-hybridized carbons (Fsp3) is 0.294. The van der Waals surface area contributed by atoms with Crippen molar-refractivity contribution in [1.82, 2.24) is 9.71 Å². The van der Waals surface area contributed by atoms with Crippen molar-refractivity contribution in [3.8, 4) is 5.88 Å². The van der Waals surface area contributed by atoms with Gasteiger partial charge in [0.05, 0.1) is 6.61 Å². The smallest absolute Gasteiger partial charge is 0.269 e. The molecule has 0 unspecified atom stereocenters. The number of sulfonamides is 1. The van der Waals surface area contributed by atoms with Crippen LogP contribution < -0.4 is 9.46 Å². The fourth-order valence-corrected chi connectivity index (χ4v) is 4.04. The van der Waals surface area contributed by atoms with Gasteiger partial charge in [-0.1, -0.05) is 28.1 Å². The van der Waals surface area contributed by atoms with E-state index in [9.17, 15) is 13.2 Å². The lowest BCUT2D eigenvalue weighted by molar-refractivity contribution is -0.120. The summed E-state index contributed by atoms with van der Waals surface area (Å²) in [6.45, 7) is 2.01. The molecule has 0 aliphatic heterocycles. The standard InChI is InChI=1S/C17H17BrN2O4S/c1-2-24-17-15(4-3-9-19-17)25(22,23)20-16(21)14-10-13(14)11-5-7-12(18)8-6-11/h3-9,13-14H,2,10H2,1H3,(H,20,21)/t13-,14+/m0/s1. The van der Waals surface area contributed by atoms with E-state index in [0.29, 0.717) is 6.42 Å². The van der Waals surface area contributed by atoms with Crippen molar-refractivity contribution in [2.24, 2.45) is 5.92 Å². The van der Waals surface area contributed by atoms with E-state index in [1.165, 1.54) is 18.3 Å². The van der Waals surface area contributed by atoms with E-state index < -0.39 is 15.9 Å². The molecule has 8 heteroatoms. The Morgan fingerprint density at radius 2 is 2.04 bits per heavy atom. The SMILES string of the molecule is CCOc1ncccc1S(=O)(=O)NC(=O)[C@@H]1C[C@H]1c1ccc(Br)cc1. The molecule has 1 aliphatic rings. The summed E-state index contributed by atoms with van der Waals surface area (Å²) >= 11 is 3.37. The van der Waals surface area contributed by atoms with E-state index in [2.05, 4.69) is 25.6 Å². The number of ether oxygens (including phenoxy) is 1. The van der Waals surface area contributed by atoms with Crippen LogP contribution in [0, 0.1) is 5.92 Å².